The van der Waals surface area contributed by atoms with E-state index >= 15 is 0 Å². The largest absolute Gasteiger partial charge is 0.488 e. The Kier molecular flexibility index (Phi) is 2.91. The van der Waals surface area contributed by atoms with Crippen molar-refractivity contribution in [2.45, 2.75) is 39.0 Å². The third-order valence-electron chi connectivity index (χ3n) is 2.49. The molecule has 2 rings (SSSR count). The molecule has 1 aromatic rings. The van der Waals surface area contributed by atoms with E-state index in [1.165, 1.54) is 5.56 Å². The van der Waals surface area contributed by atoms with Gasteiger partial charge in [0.25, 0.3) is 0 Å². The molecule has 0 saturated heterocycles. The van der Waals surface area contributed by atoms with Crippen LogP contribution in [0.2, 0.25) is 0 Å². The maximum atomic E-state index is 5.96. The highest BCUT2D eigenvalue weighted by atomic mass is 16.5. The summed E-state index contributed by atoms with van der Waals surface area (Å²) in [4.78, 5) is 0. The Morgan fingerprint density at radius 3 is 2.81 bits per heavy atom. The van der Waals surface area contributed by atoms with E-state index in [9.17, 15) is 0 Å². The van der Waals surface area contributed by atoms with E-state index in [2.05, 4.69) is 0 Å². The van der Waals surface area contributed by atoms with E-state index < -0.39 is 0 Å². The summed E-state index contributed by atoms with van der Waals surface area (Å²) in [5.41, 5.74) is 8.10. The lowest BCUT2D eigenvalue weighted by molar-refractivity contribution is 0.0908. The molecule has 0 spiro atoms. The van der Waals surface area contributed by atoms with Crippen molar-refractivity contribution < 1.29 is 9.47 Å². The average Bonchev–Trinajstić information content (AvgIpc) is 2.15. The van der Waals surface area contributed by atoms with E-state index in [4.69, 9.17) is 15.2 Å². The van der Waals surface area contributed by atoms with E-state index in [1.807, 2.05) is 39.0 Å². The third kappa shape index (κ3) is 2.54. The van der Waals surface area contributed by atoms with Crippen molar-refractivity contribution >= 4 is 0 Å². The molecule has 0 bridgehead atoms. The van der Waals surface area contributed by atoms with Gasteiger partial charge >= 0.3 is 0 Å². The van der Waals surface area contributed by atoms with E-state index in [1.54, 1.807) is 0 Å². The number of hydrogen-bond donors (Lipinski definition) is 1. The number of rotatable bonds is 1. The Bertz CT molecular complexity index is 382. The predicted octanol–water partition coefficient (Wildman–Crippen LogP) is 2.39. The number of ether oxygens (including phenoxy) is 2. The number of benzene rings is 1. The van der Waals surface area contributed by atoms with Gasteiger partial charge in [0.05, 0.1) is 19.3 Å². The summed E-state index contributed by atoms with van der Waals surface area (Å²) in [6.45, 7) is 7.34. The van der Waals surface area contributed by atoms with E-state index in [-0.39, 0.29) is 11.6 Å². The fourth-order valence-corrected chi connectivity index (χ4v) is 1.87. The highest BCUT2D eigenvalue weighted by molar-refractivity contribution is 5.38. The molecule has 0 saturated carbocycles. The SMILES string of the molecule is CC(C)(C)Oc1ccc2c(c1)COC[C@H]2N. The highest BCUT2D eigenvalue weighted by Crippen LogP contribution is 2.28. The first-order valence-corrected chi connectivity index (χ1v) is 5.61. The summed E-state index contributed by atoms with van der Waals surface area (Å²) in [7, 11) is 0. The van der Waals surface area contributed by atoms with Crippen LogP contribution in [0.15, 0.2) is 18.2 Å². The molecule has 0 amide bonds. The smallest absolute Gasteiger partial charge is 0.120 e. The maximum absolute atomic E-state index is 5.96. The second-order valence-electron chi connectivity index (χ2n) is 5.20. The average molecular weight is 221 g/mol. The molecule has 1 atom stereocenters. The zero-order valence-electron chi connectivity index (χ0n) is 10.1. The van der Waals surface area contributed by atoms with Crippen LogP contribution in [0.5, 0.6) is 5.75 Å². The van der Waals surface area contributed by atoms with Crippen molar-refractivity contribution in [2.24, 2.45) is 5.73 Å². The minimum absolute atomic E-state index is 0.00700. The molecule has 0 aromatic heterocycles. The lowest BCUT2D eigenvalue weighted by atomic mass is 9.99. The van der Waals surface area contributed by atoms with Crippen LogP contribution >= 0.6 is 0 Å². The Balaban J connectivity index is 2.25. The van der Waals surface area contributed by atoms with Crippen LogP contribution in [0.4, 0.5) is 0 Å². The molecule has 1 aliphatic rings. The van der Waals surface area contributed by atoms with Gasteiger partial charge in [-0.15, -0.1) is 0 Å². The predicted molar refractivity (Wildman–Crippen MR) is 63.4 cm³/mol. The second-order valence-corrected chi connectivity index (χ2v) is 5.20. The van der Waals surface area contributed by atoms with Crippen molar-refractivity contribution in [2.75, 3.05) is 6.61 Å². The number of fused-ring (bicyclic) bond motifs is 1. The molecule has 0 aliphatic carbocycles. The van der Waals surface area contributed by atoms with Gasteiger partial charge in [0.15, 0.2) is 0 Å². The molecule has 1 heterocycles. The fourth-order valence-electron chi connectivity index (χ4n) is 1.87. The minimum atomic E-state index is -0.175. The molecule has 3 heteroatoms. The van der Waals surface area contributed by atoms with Gasteiger partial charge in [0, 0.05) is 0 Å². The van der Waals surface area contributed by atoms with Crippen LogP contribution in [0.25, 0.3) is 0 Å². The molecule has 0 radical (unpaired) electrons. The standard InChI is InChI=1S/C13H19NO2/c1-13(2,3)16-10-4-5-11-9(6-10)7-15-8-12(11)14/h4-6,12H,7-8,14H2,1-3H3/t12-/m1/s1. The van der Waals surface area contributed by atoms with E-state index in [0.717, 1.165) is 11.3 Å². The molecule has 1 aliphatic heterocycles. The van der Waals surface area contributed by atoms with Gasteiger partial charge in [-0.25, -0.2) is 0 Å². The lowest BCUT2D eigenvalue weighted by Gasteiger charge is -2.25. The van der Waals surface area contributed by atoms with Crippen LogP contribution in [0.1, 0.15) is 37.9 Å². The first-order chi connectivity index (χ1) is 7.46. The molecule has 88 valence electrons. The number of nitrogens with two attached hydrogens (primary N) is 1. The monoisotopic (exact) mass is 221 g/mol. The third-order valence-corrected chi connectivity index (χ3v) is 2.49. The normalized spacial score (nSPS) is 20.4. The summed E-state index contributed by atoms with van der Waals surface area (Å²) in [6.07, 6.45) is 0. The molecule has 3 nitrogen and oxygen atoms in total. The van der Waals surface area contributed by atoms with Gasteiger partial charge in [-0.05, 0) is 44.0 Å². The van der Waals surface area contributed by atoms with Crippen molar-refractivity contribution in [1.82, 2.24) is 0 Å². The Morgan fingerprint density at radius 2 is 2.12 bits per heavy atom. The van der Waals surface area contributed by atoms with Gasteiger partial charge in [0.2, 0.25) is 0 Å². The topological polar surface area (TPSA) is 44.5 Å². The Hall–Kier alpha value is -1.06. The molecule has 0 unspecified atom stereocenters. The zero-order valence-corrected chi connectivity index (χ0v) is 10.1. The first kappa shape index (κ1) is 11.4. The summed E-state index contributed by atoms with van der Waals surface area (Å²) < 4.78 is 11.2. The first-order valence-electron chi connectivity index (χ1n) is 5.61. The molecule has 16 heavy (non-hydrogen) atoms. The minimum Gasteiger partial charge on any atom is -0.488 e. The van der Waals surface area contributed by atoms with Crippen LogP contribution in [0, 0.1) is 0 Å². The quantitative estimate of drug-likeness (QED) is 0.792. The highest BCUT2D eigenvalue weighted by Gasteiger charge is 2.19. The van der Waals surface area contributed by atoms with Crippen LogP contribution in [-0.4, -0.2) is 12.2 Å². The van der Waals surface area contributed by atoms with Crippen molar-refractivity contribution in [3.63, 3.8) is 0 Å². The molecule has 1 aromatic carbocycles. The van der Waals surface area contributed by atoms with Crippen LogP contribution < -0.4 is 10.5 Å². The molecule has 2 N–H and O–H groups in total. The number of hydrogen-bond acceptors (Lipinski definition) is 3. The van der Waals surface area contributed by atoms with Crippen molar-refractivity contribution in [3.05, 3.63) is 29.3 Å². The maximum Gasteiger partial charge on any atom is 0.120 e. The van der Waals surface area contributed by atoms with Gasteiger partial charge < -0.3 is 15.2 Å². The molecular weight excluding hydrogens is 202 g/mol. The van der Waals surface area contributed by atoms with Crippen LogP contribution in [-0.2, 0) is 11.3 Å². The summed E-state index contributed by atoms with van der Waals surface area (Å²) in [6, 6.07) is 6.05. The van der Waals surface area contributed by atoms with Gasteiger partial charge in [-0.2, -0.15) is 0 Å². The lowest BCUT2D eigenvalue weighted by Crippen LogP contribution is -2.25. The second kappa shape index (κ2) is 4.07. The van der Waals surface area contributed by atoms with Gasteiger partial charge in [0.1, 0.15) is 11.4 Å². The molecular formula is C13H19NO2. The Morgan fingerprint density at radius 1 is 1.38 bits per heavy atom. The molecule has 0 fully saturated rings. The Labute approximate surface area is 96.5 Å². The van der Waals surface area contributed by atoms with E-state index in [0.29, 0.717) is 13.2 Å². The fraction of sp³-hybridized carbons (Fsp3) is 0.538. The zero-order chi connectivity index (χ0) is 11.8. The van der Waals surface area contributed by atoms with Crippen LogP contribution in [0.3, 0.4) is 0 Å². The van der Waals surface area contributed by atoms with Gasteiger partial charge in [-0.3, -0.25) is 0 Å². The summed E-state index contributed by atoms with van der Waals surface area (Å²) in [5.74, 6) is 0.879. The van der Waals surface area contributed by atoms with Crippen molar-refractivity contribution in [3.8, 4) is 5.75 Å². The summed E-state index contributed by atoms with van der Waals surface area (Å²) >= 11 is 0. The summed E-state index contributed by atoms with van der Waals surface area (Å²) in [5, 5.41) is 0. The van der Waals surface area contributed by atoms with Crippen molar-refractivity contribution in [1.29, 1.82) is 0 Å². The van der Waals surface area contributed by atoms with Gasteiger partial charge in [-0.1, -0.05) is 6.07 Å².